The molecule has 0 aliphatic carbocycles. The molecule has 8 rings (SSSR count). The lowest BCUT2D eigenvalue weighted by Crippen LogP contribution is -2.57. The van der Waals surface area contributed by atoms with Crippen molar-refractivity contribution in [3.8, 4) is 22.3 Å². The first-order valence-corrected chi connectivity index (χ1v) is 24.1. The van der Waals surface area contributed by atoms with Crippen LogP contribution in [0.15, 0.2) is 122 Å². The second kappa shape index (κ2) is 22.6. The van der Waals surface area contributed by atoms with E-state index in [1.54, 1.807) is 82.4 Å². The van der Waals surface area contributed by atoms with Crippen molar-refractivity contribution in [3.05, 3.63) is 171 Å². The van der Waals surface area contributed by atoms with Crippen LogP contribution in [0.25, 0.3) is 22.3 Å². The third-order valence-electron chi connectivity index (χ3n) is 12.6. The maximum atomic E-state index is 13.4. The molecule has 2 saturated heterocycles. The molecule has 0 unspecified atom stereocenters. The van der Waals surface area contributed by atoms with Gasteiger partial charge in [0.15, 0.2) is 0 Å². The molecule has 0 saturated carbocycles. The third kappa shape index (κ3) is 14.0. The van der Waals surface area contributed by atoms with Crippen LogP contribution in [0.2, 0.25) is 5.15 Å². The number of nitrogens with two attached hydrogens (primary N) is 1. The van der Waals surface area contributed by atoms with E-state index in [1.165, 1.54) is 30.5 Å². The normalized spacial score (nSPS) is 15.0. The summed E-state index contributed by atoms with van der Waals surface area (Å²) in [6.45, 7) is 12.2. The molecule has 2 aliphatic rings. The number of benzene rings is 4. The molecule has 2 aromatic heterocycles. The van der Waals surface area contributed by atoms with Gasteiger partial charge in [0.1, 0.15) is 16.6 Å². The molecule has 19 heteroatoms. The molecule has 2 aliphatic heterocycles. The number of aromatic nitrogens is 2. The van der Waals surface area contributed by atoms with Gasteiger partial charge in [0.2, 0.25) is 0 Å². The molecule has 1 spiro atoms. The van der Waals surface area contributed by atoms with Crippen LogP contribution in [0.5, 0.6) is 0 Å². The van der Waals surface area contributed by atoms with Crippen LogP contribution >= 0.6 is 11.6 Å². The Bertz CT molecular complexity index is 2950. The zero-order chi connectivity index (χ0) is 53.6. The van der Waals surface area contributed by atoms with Crippen molar-refractivity contribution in [2.24, 2.45) is 11.1 Å². The van der Waals surface area contributed by atoms with Crippen LogP contribution in [-0.2, 0) is 34.9 Å². The number of carbonyl (C=O) groups excluding carboxylic acids is 3. The maximum Gasteiger partial charge on any atom is 0.416 e. The smallest absolute Gasteiger partial charge is 0.416 e. The van der Waals surface area contributed by atoms with Crippen molar-refractivity contribution in [1.29, 1.82) is 0 Å². The highest BCUT2D eigenvalue weighted by atomic mass is 35.5. The summed E-state index contributed by atoms with van der Waals surface area (Å²) in [6.07, 6.45) is -5.50. The number of ether oxygens (including phenoxy) is 2. The average molecular weight is 1040 g/mol. The number of hydrogen-bond donors (Lipinski definition) is 4. The van der Waals surface area contributed by atoms with Gasteiger partial charge in [-0.05, 0) is 134 Å². The number of alkyl carbamates (subject to hydrolysis) is 1. The molecule has 3 amide bonds. The average Bonchev–Trinajstić information content (AvgIpc) is 3.85. The minimum Gasteiger partial charge on any atom is -0.444 e. The Labute approximate surface area is 430 Å². The highest BCUT2D eigenvalue weighted by Crippen LogP contribution is 2.41. The summed E-state index contributed by atoms with van der Waals surface area (Å²) in [5, 5.41) is 8.64. The van der Waals surface area contributed by atoms with Gasteiger partial charge in [0, 0.05) is 61.7 Å². The summed E-state index contributed by atoms with van der Waals surface area (Å²) < 4.78 is 90.7. The van der Waals surface area contributed by atoms with Gasteiger partial charge in [-0.15, -0.1) is 0 Å². The van der Waals surface area contributed by atoms with E-state index in [9.17, 15) is 40.7 Å². The van der Waals surface area contributed by atoms with E-state index in [2.05, 4.69) is 30.8 Å². The molecule has 5 N–H and O–H groups in total. The fraction of sp³-hybridized carbons (Fsp3) is 0.327. The number of pyridine rings is 2. The van der Waals surface area contributed by atoms with Gasteiger partial charge in [-0.25, -0.2) is 14.8 Å². The number of hydrogen-bond acceptors (Lipinski definition) is 9. The lowest BCUT2D eigenvalue weighted by atomic mass is 9.79. The van der Waals surface area contributed by atoms with E-state index in [4.69, 9.17) is 26.8 Å². The predicted octanol–water partition coefficient (Wildman–Crippen LogP) is 11.9. The molecule has 6 aromatic rings. The van der Waals surface area contributed by atoms with Crippen molar-refractivity contribution >= 4 is 35.3 Å². The molecular weight excluding hydrogens is 988 g/mol. The van der Waals surface area contributed by atoms with Crippen LogP contribution in [0, 0.1) is 5.41 Å². The highest BCUT2D eigenvalue weighted by molar-refractivity contribution is 6.29. The lowest BCUT2D eigenvalue weighted by Gasteiger charge is -2.47. The molecule has 0 bridgehead atoms. The van der Waals surface area contributed by atoms with Crippen molar-refractivity contribution in [3.63, 3.8) is 0 Å². The minimum absolute atomic E-state index is 0.0227. The van der Waals surface area contributed by atoms with E-state index in [0.29, 0.717) is 44.5 Å². The zero-order valence-corrected chi connectivity index (χ0v) is 42.0. The van der Waals surface area contributed by atoms with E-state index in [1.807, 2.05) is 19.1 Å². The van der Waals surface area contributed by atoms with Crippen LogP contribution in [0.1, 0.15) is 107 Å². The first-order valence-electron chi connectivity index (χ1n) is 23.7. The highest BCUT2D eigenvalue weighted by Gasteiger charge is 2.46. The predicted molar refractivity (Wildman–Crippen MR) is 270 cm³/mol. The molecule has 4 heterocycles. The molecule has 12 nitrogen and oxygen atoms in total. The van der Waals surface area contributed by atoms with Crippen LogP contribution in [-0.4, -0.2) is 59.8 Å². The van der Waals surface area contributed by atoms with Crippen LogP contribution < -0.4 is 26.6 Å². The number of amides is 3. The Morgan fingerprint density at radius 1 is 0.716 bits per heavy atom. The Morgan fingerprint density at radius 2 is 1.22 bits per heavy atom. The van der Waals surface area contributed by atoms with Crippen LogP contribution in [0.3, 0.4) is 0 Å². The van der Waals surface area contributed by atoms with Crippen molar-refractivity contribution in [2.75, 3.05) is 31.2 Å². The Hall–Kier alpha value is -7.02. The fourth-order valence-corrected chi connectivity index (χ4v) is 8.76. The van der Waals surface area contributed by atoms with Gasteiger partial charge in [-0.2, -0.15) is 26.3 Å². The van der Waals surface area contributed by atoms with Crippen molar-refractivity contribution < 1.29 is 50.2 Å². The molecule has 74 heavy (non-hydrogen) atoms. The molecule has 2 atom stereocenters. The number of alkyl halides is 6. The second-order valence-electron chi connectivity index (χ2n) is 19.4. The van der Waals surface area contributed by atoms with Crippen molar-refractivity contribution in [1.82, 2.24) is 25.9 Å². The molecule has 4 aromatic carbocycles. The fourth-order valence-electron chi connectivity index (χ4n) is 8.59. The van der Waals surface area contributed by atoms with Gasteiger partial charge < -0.3 is 36.1 Å². The standard InChI is InChI=1S/C28H29F3N4O2.C27H27ClF3N3O3/c1-18(19-2-4-20(5-3-19)24-13-23(28(29,30)31)7-6-22(24)14-32)34-26(36)21-8-10-33-25(12-21)35-15-27(16-35)9-11-37-17-27;1-16(34-24(35)19-11-12-32-23(28)13-19)17-5-7-18(8-6-17)22-14-21(27(29,30)31)10-9-20(22)15-33-25(36)37-26(2,3)4/h2-8,10,12-13,18H,9,11,14-17,32H2,1H3,(H,34,36);5-14,16H,15H2,1-4H3,(H,33,36)(H,34,35)/t18-;16-/m11/s1. The number of carbonyl (C=O) groups is 3. The number of rotatable bonds is 12. The second-order valence-corrected chi connectivity index (χ2v) is 19.7. The topological polar surface area (TPSA) is 161 Å². The van der Waals surface area contributed by atoms with E-state index in [-0.39, 0.29) is 47.6 Å². The summed E-state index contributed by atoms with van der Waals surface area (Å²) in [5.41, 5.74) is 9.26. The van der Waals surface area contributed by atoms with E-state index < -0.39 is 35.2 Å². The summed E-state index contributed by atoms with van der Waals surface area (Å²) in [4.78, 5) is 48.0. The monoisotopic (exact) mass is 1040 g/mol. The number of nitrogens with zero attached hydrogens (tertiary/aromatic N) is 3. The van der Waals surface area contributed by atoms with Gasteiger partial charge in [0.05, 0.1) is 29.8 Å². The van der Waals surface area contributed by atoms with E-state index in [0.717, 1.165) is 73.9 Å². The number of anilines is 1. The SMILES string of the molecule is C[C@@H](NC(=O)c1ccnc(Cl)c1)c1ccc(-c2cc(C(F)(F)F)ccc2CNC(=O)OC(C)(C)C)cc1.C[C@@H](NC(=O)c1ccnc(N2CC3(CCOC3)C2)c1)c1ccc(-c2cc(C(F)(F)F)ccc2CN)cc1. The minimum atomic E-state index is -4.53. The van der Waals surface area contributed by atoms with Gasteiger partial charge in [0.25, 0.3) is 11.8 Å². The lowest BCUT2D eigenvalue weighted by molar-refractivity contribution is -0.138. The largest absolute Gasteiger partial charge is 0.444 e. The first kappa shape index (κ1) is 54.7. The van der Waals surface area contributed by atoms with Crippen LogP contribution in [0.4, 0.5) is 37.0 Å². The number of nitrogens with one attached hydrogen (secondary N) is 3. The molecule has 390 valence electrons. The molecule has 0 radical (unpaired) electrons. The summed E-state index contributed by atoms with van der Waals surface area (Å²) >= 11 is 5.85. The summed E-state index contributed by atoms with van der Waals surface area (Å²) in [6, 6.07) is 26.7. The quantitative estimate of drug-likeness (QED) is 0.0691. The molecular formula is C55H56ClF6N7O5. The maximum absolute atomic E-state index is 13.4. The van der Waals surface area contributed by atoms with Gasteiger partial charge >= 0.3 is 18.4 Å². The Balaban J connectivity index is 0.000000216. The first-order chi connectivity index (χ1) is 34.9. The van der Waals surface area contributed by atoms with Gasteiger partial charge in [-0.3, -0.25) is 9.59 Å². The summed E-state index contributed by atoms with van der Waals surface area (Å²) in [5.74, 6) is 0.219. The van der Waals surface area contributed by atoms with E-state index >= 15 is 0 Å². The van der Waals surface area contributed by atoms with Crippen molar-refractivity contribution in [2.45, 2.75) is 84.2 Å². The summed E-state index contributed by atoms with van der Waals surface area (Å²) in [7, 11) is 0. The third-order valence-corrected chi connectivity index (χ3v) is 12.8. The van der Waals surface area contributed by atoms with Gasteiger partial charge in [-0.1, -0.05) is 72.3 Å². The Kier molecular flexibility index (Phi) is 16.7. The number of halogens is 7. The molecule has 2 fully saturated rings. The zero-order valence-electron chi connectivity index (χ0n) is 41.3. The Morgan fingerprint density at radius 3 is 1.69 bits per heavy atom.